The quantitative estimate of drug-likeness (QED) is 0.568. The highest BCUT2D eigenvalue weighted by atomic mass is 35.5. The maximum absolute atomic E-state index is 11.5. The molecule has 0 aliphatic rings. The minimum absolute atomic E-state index is 0.0966. The molecular formula is C16H20ClNO6. The van der Waals surface area contributed by atoms with E-state index in [0.29, 0.717) is 23.8 Å². The molecule has 0 fully saturated rings. The van der Waals surface area contributed by atoms with E-state index in [9.17, 15) is 14.4 Å². The van der Waals surface area contributed by atoms with Gasteiger partial charge >= 0.3 is 12.1 Å². The van der Waals surface area contributed by atoms with Crippen molar-refractivity contribution in [2.45, 2.75) is 26.7 Å². The predicted octanol–water partition coefficient (Wildman–Crippen LogP) is 2.62. The van der Waals surface area contributed by atoms with E-state index in [1.807, 2.05) is 12.2 Å². The first-order valence-electron chi connectivity index (χ1n) is 7.43. The molecule has 1 N–H and O–H groups in total. The summed E-state index contributed by atoms with van der Waals surface area (Å²) in [7, 11) is 0. The van der Waals surface area contributed by atoms with Crippen molar-refractivity contribution in [2.75, 3.05) is 19.8 Å². The molecule has 0 unspecified atom stereocenters. The zero-order chi connectivity index (χ0) is 17.9. The van der Waals surface area contributed by atoms with Crippen molar-refractivity contribution in [3.63, 3.8) is 0 Å². The van der Waals surface area contributed by atoms with Crippen LogP contribution in [0.1, 0.15) is 25.3 Å². The maximum atomic E-state index is 11.5. The lowest BCUT2D eigenvalue weighted by molar-refractivity contribution is -0.148. The lowest BCUT2D eigenvalue weighted by Gasteiger charge is -2.09. The topological polar surface area (TPSA) is 90.9 Å². The Labute approximate surface area is 145 Å². The van der Waals surface area contributed by atoms with Gasteiger partial charge in [0.15, 0.2) is 6.61 Å². The van der Waals surface area contributed by atoms with E-state index in [4.69, 9.17) is 21.1 Å². The number of ether oxygens (including phenoxy) is 3. The van der Waals surface area contributed by atoms with Gasteiger partial charge in [-0.25, -0.2) is 4.79 Å². The van der Waals surface area contributed by atoms with Crippen LogP contribution in [0.4, 0.5) is 4.79 Å². The number of esters is 1. The molecule has 0 spiro atoms. The van der Waals surface area contributed by atoms with E-state index in [-0.39, 0.29) is 13.0 Å². The van der Waals surface area contributed by atoms with Crippen molar-refractivity contribution in [2.24, 2.45) is 0 Å². The number of imide groups is 1. The molecule has 0 saturated carbocycles. The van der Waals surface area contributed by atoms with Gasteiger partial charge in [0.25, 0.3) is 5.91 Å². The summed E-state index contributed by atoms with van der Waals surface area (Å²) in [6.45, 7) is 3.42. The molecule has 1 rings (SSSR count). The lowest BCUT2D eigenvalue weighted by Crippen LogP contribution is -2.34. The molecule has 0 atom stereocenters. The van der Waals surface area contributed by atoms with E-state index in [2.05, 4.69) is 4.74 Å². The summed E-state index contributed by atoms with van der Waals surface area (Å²) in [5.74, 6) is -0.596. The molecule has 0 aliphatic heterocycles. The number of alkyl carbamates (subject to hydrolysis) is 1. The van der Waals surface area contributed by atoms with E-state index in [0.717, 1.165) is 5.56 Å². The van der Waals surface area contributed by atoms with Gasteiger partial charge < -0.3 is 14.2 Å². The Hall–Kier alpha value is -2.28. The number of nitrogens with one attached hydrogen (secondary N) is 1. The highest BCUT2D eigenvalue weighted by Crippen LogP contribution is 2.21. The zero-order valence-electron chi connectivity index (χ0n) is 13.6. The number of hydrogen-bond acceptors (Lipinski definition) is 6. The average molecular weight is 358 g/mol. The molecule has 8 heteroatoms. The van der Waals surface area contributed by atoms with Crippen molar-refractivity contribution < 1.29 is 28.6 Å². The molecule has 132 valence electrons. The van der Waals surface area contributed by atoms with Crippen LogP contribution < -0.4 is 10.1 Å². The number of amides is 2. The van der Waals surface area contributed by atoms with E-state index in [1.54, 1.807) is 25.1 Å². The predicted molar refractivity (Wildman–Crippen MR) is 87.0 cm³/mol. The second kappa shape index (κ2) is 10.5. The van der Waals surface area contributed by atoms with Crippen LogP contribution in [0.2, 0.25) is 5.02 Å². The number of aryl methyl sites for hydroxylation is 1. The van der Waals surface area contributed by atoms with Crippen LogP contribution in [0, 0.1) is 6.92 Å². The van der Waals surface area contributed by atoms with E-state index < -0.39 is 24.6 Å². The molecule has 0 aromatic heterocycles. The van der Waals surface area contributed by atoms with Gasteiger partial charge in [0.1, 0.15) is 5.75 Å². The van der Waals surface area contributed by atoms with Gasteiger partial charge in [0, 0.05) is 11.4 Å². The normalized spacial score (nSPS) is 9.96. The third-order valence-electron chi connectivity index (χ3n) is 2.80. The summed E-state index contributed by atoms with van der Waals surface area (Å²) < 4.78 is 14.8. The van der Waals surface area contributed by atoms with Gasteiger partial charge in [0.05, 0.1) is 13.2 Å². The number of rotatable bonds is 8. The molecule has 1 aromatic carbocycles. The number of hydrogen-bond donors (Lipinski definition) is 1. The minimum Gasteiger partial charge on any atom is -0.493 e. The molecule has 0 saturated heterocycles. The summed E-state index contributed by atoms with van der Waals surface area (Å²) in [5.41, 5.74) is 0.903. The zero-order valence-corrected chi connectivity index (χ0v) is 14.4. The Kier molecular flexibility index (Phi) is 8.64. The highest BCUT2D eigenvalue weighted by molar-refractivity contribution is 6.30. The molecule has 2 amide bonds. The largest absolute Gasteiger partial charge is 0.493 e. The second-order valence-electron chi connectivity index (χ2n) is 4.79. The molecule has 1 aromatic rings. The molecule has 0 heterocycles. The van der Waals surface area contributed by atoms with Crippen LogP contribution in [0.5, 0.6) is 5.75 Å². The van der Waals surface area contributed by atoms with Gasteiger partial charge in [-0.3, -0.25) is 14.9 Å². The fourth-order valence-corrected chi connectivity index (χ4v) is 1.94. The summed E-state index contributed by atoms with van der Waals surface area (Å²) in [4.78, 5) is 33.8. The Morgan fingerprint density at radius 1 is 1.21 bits per heavy atom. The molecule has 0 radical (unpaired) electrons. The third-order valence-corrected chi connectivity index (χ3v) is 3.04. The lowest BCUT2D eigenvalue weighted by atomic mass is 10.2. The Morgan fingerprint density at radius 2 is 1.96 bits per heavy atom. The molecule has 0 bridgehead atoms. The fraction of sp³-hybridized carbons (Fsp3) is 0.438. The van der Waals surface area contributed by atoms with Crippen molar-refractivity contribution >= 4 is 29.6 Å². The van der Waals surface area contributed by atoms with Crippen LogP contribution in [-0.4, -0.2) is 37.8 Å². The van der Waals surface area contributed by atoms with Gasteiger partial charge in [0.2, 0.25) is 0 Å². The molecular weight excluding hydrogens is 338 g/mol. The minimum atomic E-state index is -0.870. The van der Waals surface area contributed by atoms with Crippen molar-refractivity contribution in [3.8, 4) is 5.75 Å². The van der Waals surface area contributed by atoms with E-state index >= 15 is 0 Å². The number of carbonyl (C=O) groups is 3. The first-order valence-corrected chi connectivity index (χ1v) is 7.81. The van der Waals surface area contributed by atoms with Gasteiger partial charge in [-0.1, -0.05) is 11.6 Å². The van der Waals surface area contributed by atoms with Crippen molar-refractivity contribution in [1.82, 2.24) is 5.32 Å². The SMILES string of the molecule is CCOC(=O)NC(=O)COC(=O)CCCOc1ccc(Cl)cc1C. The first kappa shape index (κ1) is 19.8. The Bertz CT molecular complexity index is 590. The average Bonchev–Trinajstić information content (AvgIpc) is 2.51. The Morgan fingerprint density at radius 3 is 2.62 bits per heavy atom. The molecule has 7 nitrogen and oxygen atoms in total. The standard InChI is InChI=1S/C16H20ClNO6/c1-3-22-16(21)18-14(19)10-24-15(20)5-4-8-23-13-7-6-12(17)9-11(13)2/h6-7,9H,3-5,8,10H2,1-2H3,(H,18,19,21). The van der Waals surface area contributed by atoms with Crippen LogP contribution >= 0.6 is 11.6 Å². The maximum Gasteiger partial charge on any atom is 0.413 e. The van der Waals surface area contributed by atoms with Crippen LogP contribution in [0.3, 0.4) is 0 Å². The molecule has 24 heavy (non-hydrogen) atoms. The van der Waals surface area contributed by atoms with Crippen LogP contribution in [0.15, 0.2) is 18.2 Å². The monoisotopic (exact) mass is 357 g/mol. The van der Waals surface area contributed by atoms with Gasteiger partial charge in [-0.15, -0.1) is 0 Å². The third kappa shape index (κ3) is 7.82. The summed E-state index contributed by atoms with van der Waals surface area (Å²) in [5, 5.41) is 2.55. The summed E-state index contributed by atoms with van der Waals surface area (Å²) >= 11 is 5.85. The second-order valence-corrected chi connectivity index (χ2v) is 5.23. The first-order chi connectivity index (χ1) is 11.4. The van der Waals surface area contributed by atoms with Crippen molar-refractivity contribution in [1.29, 1.82) is 0 Å². The Balaban J connectivity index is 2.18. The molecule has 0 aliphatic carbocycles. The van der Waals surface area contributed by atoms with Crippen LogP contribution in [0.25, 0.3) is 0 Å². The summed E-state index contributed by atoms with van der Waals surface area (Å²) in [6, 6.07) is 5.27. The number of halogens is 1. The highest BCUT2D eigenvalue weighted by Gasteiger charge is 2.11. The van der Waals surface area contributed by atoms with Gasteiger partial charge in [-0.05, 0) is 44.0 Å². The smallest absolute Gasteiger partial charge is 0.413 e. The fourth-order valence-electron chi connectivity index (χ4n) is 1.71. The summed E-state index contributed by atoms with van der Waals surface area (Å²) in [6.07, 6.45) is -0.343. The van der Waals surface area contributed by atoms with Crippen molar-refractivity contribution in [3.05, 3.63) is 28.8 Å². The number of benzene rings is 1. The van der Waals surface area contributed by atoms with Crippen LogP contribution in [-0.2, 0) is 19.1 Å². The van der Waals surface area contributed by atoms with Gasteiger partial charge in [-0.2, -0.15) is 0 Å². The number of carbonyl (C=O) groups excluding carboxylic acids is 3. The van der Waals surface area contributed by atoms with E-state index in [1.165, 1.54) is 0 Å².